The molecule has 4 rings (SSSR count). The smallest absolute Gasteiger partial charge is 0.362 e. The summed E-state index contributed by atoms with van der Waals surface area (Å²) in [4.78, 5) is 24.1. The van der Waals surface area contributed by atoms with Crippen LogP contribution in [0.2, 0.25) is 0 Å². The van der Waals surface area contributed by atoms with Gasteiger partial charge in [-0.05, 0) is 28.1 Å². The summed E-state index contributed by atoms with van der Waals surface area (Å²) in [6, 6.07) is 5.32. The predicted molar refractivity (Wildman–Crippen MR) is 114 cm³/mol. The van der Waals surface area contributed by atoms with Crippen molar-refractivity contribution in [2.45, 2.75) is 24.5 Å². The van der Waals surface area contributed by atoms with Crippen LogP contribution in [-0.4, -0.2) is 74.1 Å². The molecule has 1 aliphatic rings. The van der Waals surface area contributed by atoms with Gasteiger partial charge in [0.15, 0.2) is 27.9 Å². The van der Waals surface area contributed by atoms with Gasteiger partial charge in [-0.3, -0.25) is 13.5 Å². The number of aromatic nitrogens is 4. The van der Waals surface area contributed by atoms with Crippen LogP contribution in [0.3, 0.4) is 0 Å². The molecule has 0 radical (unpaired) electrons. The zero-order valence-corrected chi connectivity index (χ0v) is 18.8. The zero-order chi connectivity index (χ0) is 23.9. The number of aliphatic hydroxyl groups is 2. The molecule has 176 valence electrons. The fourth-order valence-corrected chi connectivity index (χ4v) is 4.48. The summed E-state index contributed by atoms with van der Waals surface area (Å²) in [7, 11) is -4.64. The van der Waals surface area contributed by atoms with E-state index in [0.717, 1.165) is 0 Å². The number of fused-ring (bicyclic) bond motifs is 1. The van der Waals surface area contributed by atoms with E-state index < -0.39 is 53.1 Å². The van der Waals surface area contributed by atoms with E-state index in [1.54, 1.807) is 4.72 Å². The number of imidazole rings is 1. The maximum atomic E-state index is 12.2. The number of nitrogens with one attached hydrogen (secondary N) is 1. The Morgan fingerprint density at radius 1 is 1.27 bits per heavy atom. The highest BCUT2D eigenvalue weighted by atomic mass is 79.9. The van der Waals surface area contributed by atoms with Crippen LogP contribution in [-0.2, 0) is 19.2 Å². The first-order valence-electron chi connectivity index (χ1n) is 9.24. The normalized spacial score (nSPS) is 23.1. The number of carbonyl (C=O) groups is 1. The van der Waals surface area contributed by atoms with Crippen molar-refractivity contribution in [3.8, 4) is 5.75 Å². The minimum absolute atomic E-state index is 0.0821. The minimum atomic E-state index is -4.64. The number of rotatable bonds is 6. The minimum Gasteiger partial charge on any atom is -0.507 e. The number of anilines is 1. The Balaban J connectivity index is 1.47. The van der Waals surface area contributed by atoms with Crippen molar-refractivity contribution in [1.29, 1.82) is 0 Å². The van der Waals surface area contributed by atoms with E-state index in [4.69, 9.17) is 14.7 Å². The van der Waals surface area contributed by atoms with Crippen LogP contribution < -0.4 is 10.5 Å². The molecule has 4 unspecified atom stereocenters. The van der Waals surface area contributed by atoms with E-state index in [9.17, 15) is 28.5 Å². The number of aromatic hydroxyl groups is 1. The number of carbonyl (C=O) groups excluding carboxylic acids is 1. The molecule has 3 aromatic rings. The van der Waals surface area contributed by atoms with Crippen LogP contribution in [0.4, 0.5) is 5.82 Å². The number of para-hydroxylation sites is 1. The highest BCUT2D eigenvalue weighted by Crippen LogP contribution is 2.35. The number of hydrogen-bond acceptors (Lipinski definition) is 12. The molecule has 3 heterocycles. The van der Waals surface area contributed by atoms with Gasteiger partial charge in [-0.25, -0.2) is 19.7 Å². The Labute approximate surface area is 194 Å². The summed E-state index contributed by atoms with van der Waals surface area (Å²) in [6.45, 7) is -0.737. The first-order chi connectivity index (χ1) is 15.6. The van der Waals surface area contributed by atoms with Crippen LogP contribution in [0, 0.1) is 0 Å². The molecule has 16 heteroatoms. The number of phenolic OH excluding ortho intramolecular Hbond substituents is 1. The molecule has 0 bridgehead atoms. The second-order valence-electron chi connectivity index (χ2n) is 6.92. The van der Waals surface area contributed by atoms with Crippen molar-refractivity contribution in [3.63, 3.8) is 0 Å². The largest absolute Gasteiger partial charge is 0.507 e. The Kier molecular flexibility index (Phi) is 6.21. The molecule has 4 atom stereocenters. The van der Waals surface area contributed by atoms with Crippen molar-refractivity contribution in [1.82, 2.24) is 24.2 Å². The number of phenols is 1. The summed E-state index contributed by atoms with van der Waals surface area (Å²) in [5.41, 5.74) is 5.92. The van der Waals surface area contributed by atoms with Gasteiger partial charge in [0.1, 0.15) is 30.4 Å². The van der Waals surface area contributed by atoms with E-state index in [1.807, 2.05) is 0 Å². The van der Waals surface area contributed by atoms with Gasteiger partial charge in [-0.2, -0.15) is 8.42 Å². The predicted octanol–water partition coefficient (Wildman–Crippen LogP) is -0.813. The van der Waals surface area contributed by atoms with E-state index >= 15 is 0 Å². The zero-order valence-electron chi connectivity index (χ0n) is 16.4. The van der Waals surface area contributed by atoms with E-state index in [0.29, 0.717) is 0 Å². The second kappa shape index (κ2) is 8.81. The molecule has 6 N–H and O–H groups in total. The molecule has 0 spiro atoms. The van der Waals surface area contributed by atoms with Gasteiger partial charge in [0.25, 0.3) is 5.91 Å². The molecule has 1 saturated heterocycles. The molecule has 14 nitrogen and oxygen atoms in total. The lowest BCUT2D eigenvalue weighted by Crippen LogP contribution is -2.37. The summed E-state index contributed by atoms with van der Waals surface area (Å²) in [6.07, 6.45) is -4.41. The third kappa shape index (κ3) is 4.48. The molecule has 33 heavy (non-hydrogen) atoms. The fourth-order valence-electron chi connectivity index (χ4n) is 3.23. The number of ether oxygens (including phenoxy) is 1. The van der Waals surface area contributed by atoms with Crippen LogP contribution in [0.25, 0.3) is 11.2 Å². The van der Waals surface area contributed by atoms with Gasteiger partial charge in [0, 0.05) is 0 Å². The van der Waals surface area contributed by atoms with Crippen molar-refractivity contribution in [3.05, 3.63) is 40.9 Å². The number of hydrogen-bond donors (Lipinski definition) is 5. The van der Waals surface area contributed by atoms with Crippen molar-refractivity contribution < 1.29 is 37.5 Å². The van der Waals surface area contributed by atoms with Gasteiger partial charge in [0.05, 0.1) is 12.2 Å². The quantitative estimate of drug-likeness (QED) is 0.241. The molecule has 1 aliphatic heterocycles. The topological polar surface area (TPSA) is 212 Å². The van der Waals surface area contributed by atoms with Crippen molar-refractivity contribution >= 4 is 49.1 Å². The number of nitrogen functional groups attached to an aromatic ring is 1. The van der Waals surface area contributed by atoms with E-state index in [-0.39, 0.29) is 27.3 Å². The lowest BCUT2D eigenvalue weighted by Gasteiger charge is -2.17. The van der Waals surface area contributed by atoms with Crippen LogP contribution in [0.15, 0.2) is 35.3 Å². The molecule has 1 fully saturated rings. The van der Waals surface area contributed by atoms with Crippen LogP contribution in [0.5, 0.6) is 5.75 Å². The molecule has 2 aromatic heterocycles. The number of amides is 1. The maximum absolute atomic E-state index is 12.2. The third-order valence-corrected chi connectivity index (χ3v) is 6.25. The first-order valence-corrected chi connectivity index (χ1v) is 11.4. The lowest BCUT2D eigenvalue weighted by molar-refractivity contribution is -0.0479. The Morgan fingerprint density at radius 3 is 2.73 bits per heavy atom. The molecular formula is C17H17BrN6O8S. The highest BCUT2D eigenvalue weighted by Gasteiger charge is 2.46. The fraction of sp³-hybridized carbons (Fsp3) is 0.294. The first kappa shape index (κ1) is 23.3. The van der Waals surface area contributed by atoms with E-state index in [1.165, 1.54) is 35.2 Å². The monoisotopic (exact) mass is 544 g/mol. The molecule has 0 saturated carbocycles. The average Bonchev–Trinajstić information content (AvgIpc) is 3.23. The Hall–Kier alpha value is -2.89. The third-order valence-electron chi connectivity index (χ3n) is 4.81. The van der Waals surface area contributed by atoms with Crippen LogP contribution >= 0.6 is 15.9 Å². The SMILES string of the molecule is Nc1ncnc2c1nc(Br)n2C1OC(COS(=O)(=O)NC(=O)c2ccccc2O)C(O)C1O. The number of halogens is 1. The van der Waals surface area contributed by atoms with Crippen molar-refractivity contribution in [2.75, 3.05) is 12.3 Å². The summed E-state index contributed by atoms with van der Waals surface area (Å²) in [5, 5.41) is 30.5. The van der Waals surface area contributed by atoms with Crippen LogP contribution in [0.1, 0.15) is 16.6 Å². The molecule has 0 aliphatic carbocycles. The summed E-state index contributed by atoms with van der Waals surface area (Å²) >= 11 is 3.21. The Morgan fingerprint density at radius 2 is 2.00 bits per heavy atom. The molecule has 1 aromatic carbocycles. The number of aliphatic hydroxyl groups excluding tert-OH is 2. The average molecular weight is 545 g/mol. The van der Waals surface area contributed by atoms with Gasteiger partial charge in [-0.15, -0.1) is 0 Å². The standard InChI is InChI=1S/C17H17BrN6O8S/c18-17-22-10-13(19)20-6-21-14(10)24(17)16-12(27)11(26)9(32-16)5-31-33(29,30)23-15(28)7-3-1-2-4-8(7)25/h1-4,6,9,11-12,16,25-27H,5H2,(H,23,28)(H2,19,20,21). The van der Waals surface area contributed by atoms with Gasteiger partial charge < -0.3 is 25.8 Å². The van der Waals surface area contributed by atoms with Gasteiger partial charge in [-0.1, -0.05) is 12.1 Å². The lowest BCUT2D eigenvalue weighted by atomic mass is 10.1. The Bertz CT molecular complexity index is 1320. The molecule has 1 amide bonds. The number of nitrogens with two attached hydrogens (primary N) is 1. The van der Waals surface area contributed by atoms with E-state index in [2.05, 4.69) is 30.9 Å². The van der Waals surface area contributed by atoms with Gasteiger partial charge in [0.2, 0.25) is 0 Å². The second-order valence-corrected chi connectivity index (χ2v) is 8.97. The number of nitrogens with zero attached hydrogens (tertiary/aromatic N) is 4. The van der Waals surface area contributed by atoms with Crippen molar-refractivity contribution in [2.24, 2.45) is 0 Å². The van der Waals surface area contributed by atoms with Gasteiger partial charge >= 0.3 is 10.3 Å². The molecular weight excluding hydrogens is 528 g/mol. The number of benzene rings is 1. The summed E-state index contributed by atoms with van der Waals surface area (Å²) < 4.78 is 37.8. The summed E-state index contributed by atoms with van der Waals surface area (Å²) in [5.74, 6) is -1.46. The maximum Gasteiger partial charge on any atom is 0.362 e. The highest BCUT2D eigenvalue weighted by molar-refractivity contribution is 9.10.